The van der Waals surface area contributed by atoms with E-state index in [4.69, 9.17) is 5.11 Å². The maximum absolute atomic E-state index is 11.9. The van der Waals surface area contributed by atoms with Crippen LogP contribution in [0.3, 0.4) is 0 Å². The number of piperazine rings is 1. The third kappa shape index (κ3) is 5.14. The lowest BCUT2D eigenvalue weighted by Gasteiger charge is -2.29. The van der Waals surface area contributed by atoms with E-state index in [-0.39, 0.29) is 12.3 Å². The Morgan fingerprint density at radius 2 is 2.00 bits per heavy atom. The number of carboxylic acids is 1. The predicted molar refractivity (Wildman–Crippen MR) is 63.8 cm³/mol. The van der Waals surface area contributed by atoms with Crippen LogP contribution < -0.4 is 5.32 Å². The van der Waals surface area contributed by atoms with Crippen LogP contribution in [0.15, 0.2) is 0 Å². The van der Waals surface area contributed by atoms with Crippen LogP contribution in [0.2, 0.25) is 0 Å². The Morgan fingerprint density at radius 1 is 1.35 bits per heavy atom. The summed E-state index contributed by atoms with van der Waals surface area (Å²) in [5.74, 6) is -0.839. The summed E-state index contributed by atoms with van der Waals surface area (Å²) in [4.78, 5) is 26.1. The first-order chi connectivity index (χ1) is 8.13. The average molecular weight is 243 g/mol. The minimum atomic E-state index is -0.863. The number of carbonyl (C=O) groups excluding carboxylic acids is 1. The molecule has 0 unspecified atom stereocenters. The lowest BCUT2D eigenvalue weighted by Crippen LogP contribution is -2.48. The van der Waals surface area contributed by atoms with Crippen LogP contribution in [0.1, 0.15) is 13.3 Å². The Kier molecular flexibility index (Phi) is 5.93. The van der Waals surface area contributed by atoms with Crippen molar-refractivity contribution >= 4 is 11.9 Å². The van der Waals surface area contributed by atoms with Gasteiger partial charge in [0.05, 0.1) is 13.0 Å². The van der Waals surface area contributed by atoms with E-state index in [2.05, 4.69) is 10.2 Å². The van der Waals surface area contributed by atoms with E-state index in [1.54, 1.807) is 4.90 Å². The van der Waals surface area contributed by atoms with Gasteiger partial charge in [-0.05, 0) is 6.92 Å². The Morgan fingerprint density at radius 3 is 2.53 bits per heavy atom. The molecule has 0 bridgehead atoms. The SMILES string of the molecule is CCN(CCC(=O)O)C(=O)CN1CCNCC1. The summed E-state index contributed by atoms with van der Waals surface area (Å²) in [6.07, 6.45) is 0.0150. The van der Waals surface area contributed by atoms with E-state index in [9.17, 15) is 9.59 Å². The van der Waals surface area contributed by atoms with Crippen LogP contribution >= 0.6 is 0 Å². The lowest BCUT2D eigenvalue weighted by molar-refractivity contribution is -0.138. The third-order valence-electron chi connectivity index (χ3n) is 2.90. The molecular formula is C11H21N3O3. The van der Waals surface area contributed by atoms with Gasteiger partial charge < -0.3 is 15.3 Å². The first-order valence-electron chi connectivity index (χ1n) is 6.06. The molecule has 0 aromatic carbocycles. The van der Waals surface area contributed by atoms with E-state index in [1.165, 1.54) is 0 Å². The number of carbonyl (C=O) groups is 2. The van der Waals surface area contributed by atoms with E-state index < -0.39 is 5.97 Å². The number of nitrogens with one attached hydrogen (secondary N) is 1. The zero-order chi connectivity index (χ0) is 12.7. The summed E-state index contributed by atoms with van der Waals surface area (Å²) >= 11 is 0. The molecule has 0 saturated carbocycles. The molecule has 98 valence electrons. The number of aliphatic carboxylic acids is 1. The van der Waals surface area contributed by atoms with E-state index in [0.29, 0.717) is 19.6 Å². The lowest BCUT2D eigenvalue weighted by atomic mass is 10.3. The number of nitrogens with zero attached hydrogens (tertiary/aromatic N) is 2. The van der Waals surface area contributed by atoms with Crippen molar-refractivity contribution < 1.29 is 14.7 Å². The van der Waals surface area contributed by atoms with Gasteiger partial charge >= 0.3 is 5.97 Å². The van der Waals surface area contributed by atoms with E-state index >= 15 is 0 Å². The number of carboxylic acid groups (broad SMARTS) is 1. The Hall–Kier alpha value is -1.14. The van der Waals surface area contributed by atoms with E-state index in [1.807, 2.05) is 6.92 Å². The fraction of sp³-hybridized carbons (Fsp3) is 0.818. The maximum atomic E-state index is 11.9. The first-order valence-corrected chi connectivity index (χ1v) is 6.06. The topological polar surface area (TPSA) is 72.9 Å². The zero-order valence-electron chi connectivity index (χ0n) is 10.3. The van der Waals surface area contributed by atoms with Crippen molar-refractivity contribution in [1.29, 1.82) is 0 Å². The van der Waals surface area contributed by atoms with Gasteiger partial charge in [0.25, 0.3) is 0 Å². The van der Waals surface area contributed by atoms with Gasteiger partial charge in [-0.15, -0.1) is 0 Å². The quantitative estimate of drug-likeness (QED) is 0.640. The molecule has 2 N–H and O–H groups in total. The second-order valence-electron chi connectivity index (χ2n) is 4.14. The summed E-state index contributed by atoms with van der Waals surface area (Å²) in [6.45, 7) is 6.72. The standard InChI is InChI=1S/C11H21N3O3/c1-2-14(6-3-11(16)17)10(15)9-13-7-4-12-5-8-13/h12H,2-9H2,1H3,(H,16,17). The Bertz CT molecular complexity index is 265. The van der Waals surface area contributed by atoms with Crippen molar-refractivity contribution in [3.8, 4) is 0 Å². The largest absolute Gasteiger partial charge is 0.481 e. The number of hydrogen-bond donors (Lipinski definition) is 2. The van der Waals surface area contributed by atoms with Crippen LogP contribution in [0.4, 0.5) is 0 Å². The molecule has 0 aromatic rings. The van der Waals surface area contributed by atoms with Gasteiger partial charge in [-0.3, -0.25) is 14.5 Å². The number of amides is 1. The molecule has 0 radical (unpaired) electrons. The summed E-state index contributed by atoms with van der Waals surface area (Å²) in [7, 11) is 0. The van der Waals surface area contributed by atoms with Gasteiger partial charge in [-0.2, -0.15) is 0 Å². The van der Waals surface area contributed by atoms with Crippen molar-refractivity contribution in [2.75, 3.05) is 45.8 Å². The molecule has 1 rings (SSSR count). The highest BCUT2D eigenvalue weighted by Gasteiger charge is 2.18. The number of likely N-dealkylation sites (N-methyl/N-ethyl adjacent to an activating group) is 1. The second-order valence-corrected chi connectivity index (χ2v) is 4.14. The molecule has 0 aliphatic carbocycles. The number of rotatable bonds is 6. The molecule has 17 heavy (non-hydrogen) atoms. The smallest absolute Gasteiger partial charge is 0.305 e. The van der Waals surface area contributed by atoms with Crippen molar-refractivity contribution in [3.63, 3.8) is 0 Å². The fourth-order valence-corrected chi connectivity index (χ4v) is 1.85. The van der Waals surface area contributed by atoms with Crippen LogP contribution in [0.25, 0.3) is 0 Å². The predicted octanol–water partition coefficient (Wildman–Crippen LogP) is -0.785. The second kappa shape index (κ2) is 7.24. The highest BCUT2D eigenvalue weighted by atomic mass is 16.4. The molecule has 1 heterocycles. The minimum Gasteiger partial charge on any atom is -0.481 e. The highest BCUT2D eigenvalue weighted by molar-refractivity contribution is 5.79. The normalized spacial score (nSPS) is 16.8. The molecule has 1 amide bonds. The highest BCUT2D eigenvalue weighted by Crippen LogP contribution is 1.98. The van der Waals surface area contributed by atoms with Crippen LogP contribution in [-0.2, 0) is 9.59 Å². The summed E-state index contributed by atoms with van der Waals surface area (Å²) in [5, 5.41) is 11.8. The molecule has 0 atom stereocenters. The Labute approximate surface area is 102 Å². The minimum absolute atomic E-state index is 0.0150. The molecule has 1 aliphatic rings. The van der Waals surface area contributed by atoms with Gasteiger partial charge in [0.15, 0.2) is 0 Å². The summed E-state index contributed by atoms with van der Waals surface area (Å²) < 4.78 is 0. The van der Waals surface area contributed by atoms with Gasteiger partial charge in [-0.25, -0.2) is 0 Å². The monoisotopic (exact) mass is 243 g/mol. The molecule has 0 spiro atoms. The molecule has 1 aliphatic heterocycles. The molecule has 6 nitrogen and oxygen atoms in total. The average Bonchev–Trinajstić information content (AvgIpc) is 2.30. The zero-order valence-corrected chi connectivity index (χ0v) is 10.3. The van der Waals surface area contributed by atoms with Crippen LogP contribution in [0, 0.1) is 0 Å². The van der Waals surface area contributed by atoms with Crippen molar-refractivity contribution in [1.82, 2.24) is 15.1 Å². The summed E-state index contributed by atoms with van der Waals surface area (Å²) in [5.41, 5.74) is 0. The van der Waals surface area contributed by atoms with Gasteiger partial charge in [-0.1, -0.05) is 0 Å². The number of hydrogen-bond acceptors (Lipinski definition) is 4. The first kappa shape index (κ1) is 13.9. The van der Waals surface area contributed by atoms with Gasteiger partial charge in [0, 0.05) is 39.3 Å². The van der Waals surface area contributed by atoms with Gasteiger partial charge in [0.1, 0.15) is 0 Å². The van der Waals surface area contributed by atoms with E-state index in [0.717, 1.165) is 26.2 Å². The van der Waals surface area contributed by atoms with Crippen LogP contribution in [-0.4, -0.2) is 72.6 Å². The fourth-order valence-electron chi connectivity index (χ4n) is 1.85. The van der Waals surface area contributed by atoms with Crippen molar-refractivity contribution in [3.05, 3.63) is 0 Å². The van der Waals surface area contributed by atoms with Crippen molar-refractivity contribution in [2.24, 2.45) is 0 Å². The van der Waals surface area contributed by atoms with Crippen LogP contribution in [0.5, 0.6) is 0 Å². The molecule has 1 saturated heterocycles. The van der Waals surface area contributed by atoms with Gasteiger partial charge in [0.2, 0.25) is 5.91 Å². The summed E-state index contributed by atoms with van der Waals surface area (Å²) in [6, 6.07) is 0. The van der Waals surface area contributed by atoms with Crippen molar-refractivity contribution in [2.45, 2.75) is 13.3 Å². The molecule has 0 aromatic heterocycles. The third-order valence-corrected chi connectivity index (χ3v) is 2.90. The molecular weight excluding hydrogens is 222 g/mol. The molecule has 6 heteroatoms. The maximum Gasteiger partial charge on any atom is 0.305 e. The molecule has 1 fully saturated rings. The Balaban J connectivity index is 2.34.